The summed E-state index contributed by atoms with van der Waals surface area (Å²) < 4.78 is 27.0. The highest BCUT2D eigenvalue weighted by molar-refractivity contribution is 6.29. The lowest BCUT2D eigenvalue weighted by atomic mass is 10.1. The van der Waals surface area contributed by atoms with Crippen molar-refractivity contribution in [1.29, 1.82) is 0 Å². The van der Waals surface area contributed by atoms with Gasteiger partial charge in [-0.1, -0.05) is 11.6 Å². The number of nitrogens with zero attached hydrogens (tertiary/aromatic N) is 3. The van der Waals surface area contributed by atoms with Crippen molar-refractivity contribution in [2.75, 3.05) is 0 Å². The van der Waals surface area contributed by atoms with Crippen LogP contribution in [-0.2, 0) is 0 Å². The average Bonchev–Trinajstić information content (AvgIpc) is 2.89. The van der Waals surface area contributed by atoms with Gasteiger partial charge in [0.2, 0.25) is 0 Å². The normalized spacial score (nSPS) is 11.4. The van der Waals surface area contributed by atoms with Gasteiger partial charge in [0, 0.05) is 24.2 Å². The molecule has 0 fully saturated rings. The van der Waals surface area contributed by atoms with E-state index >= 15 is 0 Å². The minimum absolute atomic E-state index is 0.253. The van der Waals surface area contributed by atoms with Gasteiger partial charge in [-0.15, -0.1) is 0 Å². The first-order valence-corrected chi connectivity index (χ1v) is 5.90. The summed E-state index contributed by atoms with van der Waals surface area (Å²) in [6.45, 7) is 0. The van der Waals surface area contributed by atoms with E-state index in [4.69, 9.17) is 11.6 Å². The molecule has 0 aromatic carbocycles. The molecule has 3 nitrogen and oxygen atoms in total. The molecule has 0 aliphatic rings. The molecule has 96 valence electrons. The standard InChI is InChI=1S/C13H8ClF2N3/c14-11-2-1-9(13-18-5-6-19(11)13)8-3-4-17-10(7-8)12(15)16/h1-7,12H. The van der Waals surface area contributed by atoms with Gasteiger partial charge < -0.3 is 0 Å². The number of imidazole rings is 1. The zero-order valence-corrected chi connectivity index (χ0v) is 10.4. The third-order valence-corrected chi connectivity index (χ3v) is 3.12. The Hall–Kier alpha value is -2.01. The Kier molecular flexibility index (Phi) is 2.91. The van der Waals surface area contributed by atoms with Gasteiger partial charge >= 0.3 is 0 Å². The van der Waals surface area contributed by atoms with Gasteiger partial charge in [0.05, 0.1) is 0 Å². The molecule has 3 rings (SSSR count). The maximum Gasteiger partial charge on any atom is 0.280 e. The van der Waals surface area contributed by atoms with Crippen LogP contribution in [0.15, 0.2) is 42.9 Å². The number of hydrogen-bond acceptors (Lipinski definition) is 2. The Morgan fingerprint density at radius 3 is 2.74 bits per heavy atom. The molecule has 0 bridgehead atoms. The maximum absolute atomic E-state index is 12.7. The second-order valence-electron chi connectivity index (χ2n) is 3.96. The molecule has 0 aliphatic heterocycles. The van der Waals surface area contributed by atoms with E-state index in [1.165, 1.54) is 12.3 Å². The van der Waals surface area contributed by atoms with Crippen molar-refractivity contribution in [2.24, 2.45) is 0 Å². The summed E-state index contributed by atoms with van der Waals surface area (Å²) in [5.74, 6) is 0. The van der Waals surface area contributed by atoms with Crippen LogP contribution in [0, 0.1) is 0 Å². The quantitative estimate of drug-likeness (QED) is 0.664. The third-order valence-electron chi connectivity index (χ3n) is 2.81. The molecule has 19 heavy (non-hydrogen) atoms. The zero-order chi connectivity index (χ0) is 13.4. The van der Waals surface area contributed by atoms with Gasteiger partial charge in [0.25, 0.3) is 6.43 Å². The molecule has 0 saturated heterocycles. The highest BCUT2D eigenvalue weighted by atomic mass is 35.5. The first-order valence-electron chi connectivity index (χ1n) is 5.53. The maximum atomic E-state index is 12.7. The van der Waals surface area contributed by atoms with E-state index in [1.54, 1.807) is 35.0 Å². The van der Waals surface area contributed by atoms with E-state index in [-0.39, 0.29) is 5.69 Å². The predicted molar refractivity (Wildman–Crippen MR) is 68.4 cm³/mol. The van der Waals surface area contributed by atoms with E-state index < -0.39 is 6.43 Å². The van der Waals surface area contributed by atoms with Gasteiger partial charge in [-0.2, -0.15) is 0 Å². The monoisotopic (exact) mass is 279 g/mol. The number of hydrogen-bond donors (Lipinski definition) is 0. The minimum Gasteiger partial charge on any atom is -0.290 e. The number of aromatic nitrogens is 3. The fourth-order valence-corrected chi connectivity index (χ4v) is 2.14. The Morgan fingerprint density at radius 2 is 1.95 bits per heavy atom. The molecule has 0 amide bonds. The van der Waals surface area contributed by atoms with E-state index in [9.17, 15) is 8.78 Å². The van der Waals surface area contributed by atoms with Crippen molar-refractivity contribution in [1.82, 2.24) is 14.4 Å². The first-order chi connectivity index (χ1) is 9.16. The van der Waals surface area contributed by atoms with Gasteiger partial charge in [-0.05, 0) is 29.8 Å². The molecule has 0 spiro atoms. The van der Waals surface area contributed by atoms with Crippen LogP contribution >= 0.6 is 11.6 Å². The van der Waals surface area contributed by atoms with Crippen LogP contribution in [0.25, 0.3) is 16.8 Å². The molecule has 0 aliphatic carbocycles. The highest BCUT2D eigenvalue weighted by Crippen LogP contribution is 2.28. The van der Waals surface area contributed by atoms with Crippen LogP contribution in [0.2, 0.25) is 5.15 Å². The van der Waals surface area contributed by atoms with Crippen molar-refractivity contribution >= 4 is 17.2 Å². The smallest absolute Gasteiger partial charge is 0.280 e. The van der Waals surface area contributed by atoms with E-state index in [0.29, 0.717) is 16.4 Å². The van der Waals surface area contributed by atoms with Crippen LogP contribution in [0.1, 0.15) is 12.1 Å². The largest absolute Gasteiger partial charge is 0.290 e. The van der Waals surface area contributed by atoms with Crippen LogP contribution in [-0.4, -0.2) is 14.4 Å². The second kappa shape index (κ2) is 4.59. The number of alkyl halides is 2. The summed E-state index contributed by atoms with van der Waals surface area (Å²) >= 11 is 6.03. The predicted octanol–water partition coefficient (Wildman–Crippen LogP) is 3.99. The van der Waals surface area contributed by atoms with Crippen molar-refractivity contribution in [3.05, 3.63) is 53.7 Å². The van der Waals surface area contributed by atoms with Crippen molar-refractivity contribution in [3.8, 4) is 11.1 Å². The summed E-state index contributed by atoms with van der Waals surface area (Å²) in [7, 11) is 0. The molecule has 3 aromatic heterocycles. The molecule has 0 N–H and O–H groups in total. The Morgan fingerprint density at radius 1 is 1.11 bits per heavy atom. The van der Waals surface area contributed by atoms with Gasteiger partial charge in [0.15, 0.2) is 0 Å². The van der Waals surface area contributed by atoms with Gasteiger partial charge in [0.1, 0.15) is 16.5 Å². The fourth-order valence-electron chi connectivity index (χ4n) is 1.94. The number of rotatable bonds is 2. The van der Waals surface area contributed by atoms with Crippen LogP contribution in [0.4, 0.5) is 8.78 Å². The Balaban J connectivity index is 2.22. The molecule has 0 radical (unpaired) electrons. The summed E-state index contributed by atoms with van der Waals surface area (Å²) in [4.78, 5) is 7.85. The molecule has 3 heterocycles. The SMILES string of the molecule is FC(F)c1cc(-c2ccc(Cl)n3ccnc23)ccn1. The lowest BCUT2D eigenvalue weighted by Gasteiger charge is -2.07. The summed E-state index contributed by atoms with van der Waals surface area (Å²) in [6.07, 6.45) is 2.10. The van der Waals surface area contributed by atoms with Crippen LogP contribution in [0.5, 0.6) is 0 Å². The second-order valence-corrected chi connectivity index (χ2v) is 4.35. The zero-order valence-electron chi connectivity index (χ0n) is 9.59. The number of halogens is 3. The third kappa shape index (κ3) is 2.06. The molecule has 0 atom stereocenters. The number of pyridine rings is 2. The summed E-state index contributed by atoms with van der Waals surface area (Å²) in [6, 6.07) is 6.50. The summed E-state index contributed by atoms with van der Waals surface area (Å²) in [5, 5.41) is 0.513. The van der Waals surface area contributed by atoms with Crippen LogP contribution < -0.4 is 0 Å². The molecule has 3 aromatic rings. The molecular weight excluding hydrogens is 272 g/mol. The molecule has 6 heteroatoms. The fraction of sp³-hybridized carbons (Fsp3) is 0.0769. The lowest BCUT2D eigenvalue weighted by molar-refractivity contribution is 0.146. The van der Waals surface area contributed by atoms with Crippen molar-refractivity contribution < 1.29 is 8.78 Å². The lowest BCUT2D eigenvalue weighted by Crippen LogP contribution is -1.93. The average molecular weight is 280 g/mol. The highest BCUT2D eigenvalue weighted by Gasteiger charge is 2.12. The van der Waals surface area contributed by atoms with E-state index in [1.807, 2.05) is 0 Å². The number of fused-ring (bicyclic) bond motifs is 1. The van der Waals surface area contributed by atoms with Crippen molar-refractivity contribution in [2.45, 2.75) is 6.43 Å². The first kappa shape index (κ1) is 12.0. The van der Waals surface area contributed by atoms with Gasteiger partial charge in [-0.25, -0.2) is 13.8 Å². The molecular formula is C13H8ClF2N3. The molecule has 0 unspecified atom stereocenters. The topological polar surface area (TPSA) is 30.2 Å². The van der Waals surface area contributed by atoms with Gasteiger partial charge in [-0.3, -0.25) is 9.38 Å². The van der Waals surface area contributed by atoms with Crippen molar-refractivity contribution in [3.63, 3.8) is 0 Å². The van der Waals surface area contributed by atoms with E-state index in [0.717, 1.165) is 5.56 Å². The van der Waals surface area contributed by atoms with Crippen LogP contribution in [0.3, 0.4) is 0 Å². The summed E-state index contributed by atoms with van der Waals surface area (Å²) in [5.41, 5.74) is 1.74. The Bertz CT molecular complexity index is 740. The Labute approximate surface area is 112 Å². The molecule has 0 saturated carbocycles. The minimum atomic E-state index is -2.59. The van der Waals surface area contributed by atoms with E-state index in [2.05, 4.69) is 9.97 Å².